The van der Waals surface area contributed by atoms with Crippen molar-refractivity contribution >= 4 is 11.9 Å². The number of phenolic OH excluding ortho intramolecular Hbond substituents is 1. The predicted octanol–water partition coefficient (Wildman–Crippen LogP) is 0.441. The third kappa shape index (κ3) is 3.52. The highest BCUT2D eigenvalue weighted by Crippen LogP contribution is 2.24. The highest BCUT2D eigenvalue weighted by Gasteiger charge is 2.38. The van der Waals surface area contributed by atoms with Crippen LogP contribution in [0.15, 0.2) is 24.3 Å². The van der Waals surface area contributed by atoms with Crippen LogP contribution in [-0.2, 0) is 16.0 Å². The minimum Gasteiger partial charge on any atom is -0.508 e. The molecule has 0 bridgehead atoms. The first-order chi connectivity index (χ1) is 9.88. The predicted molar refractivity (Wildman–Crippen MR) is 76.7 cm³/mol. The highest BCUT2D eigenvalue weighted by atomic mass is 16.4. The third-order valence-corrected chi connectivity index (χ3v) is 4.03. The van der Waals surface area contributed by atoms with Crippen LogP contribution in [0.1, 0.15) is 12.5 Å². The summed E-state index contributed by atoms with van der Waals surface area (Å²) in [5, 5.41) is 18.1. The minimum absolute atomic E-state index is 0.00678. The number of benzene rings is 1. The van der Waals surface area contributed by atoms with Crippen molar-refractivity contribution in [3.63, 3.8) is 0 Å². The molecule has 1 fully saturated rings. The molecule has 0 aliphatic carbocycles. The number of aromatic hydroxyl groups is 1. The van der Waals surface area contributed by atoms with Gasteiger partial charge in [0.2, 0.25) is 5.91 Å². The van der Waals surface area contributed by atoms with Gasteiger partial charge in [0.25, 0.3) is 0 Å². The highest BCUT2D eigenvalue weighted by molar-refractivity contribution is 5.83. The summed E-state index contributed by atoms with van der Waals surface area (Å²) in [5.74, 6) is -1.25. The van der Waals surface area contributed by atoms with Crippen LogP contribution in [0, 0.1) is 11.8 Å². The maximum Gasteiger partial charge on any atom is 0.306 e. The largest absolute Gasteiger partial charge is 0.508 e. The van der Waals surface area contributed by atoms with Crippen molar-refractivity contribution < 1.29 is 19.8 Å². The van der Waals surface area contributed by atoms with Crippen molar-refractivity contribution in [1.29, 1.82) is 0 Å². The monoisotopic (exact) mass is 292 g/mol. The zero-order valence-corrected chi connectivity index (χ0v) is 11.9. The van der Waals surface area contributed by atoms with Gasteiger partial charge in [-0.1, -0.05) is 19.1 Å². The SMILES string of the molecule is CC(C(=O)O)C1CN(C(=O)C(N)Cc2ccc(O)cc2)C1. The van der Waals surface area contributed by atoms with Gasteiger partial charge >= 0.3 is 5.97 Å². The molecule has 2 rings (SSSR count). The number of nitrogens with two attached hydrogens (primary N) is 1. The van der Waals surface area contributed by atoms with Crippen LogP contribution in [-0.4, -0.2) is 46.1 Å². The van der Waals surface area contributed by atoms with Gasteiger partial charge in [-0.15, -0.1) is 0 Å². The molecule has 0 aromatic heterocycles. The third-order valence-electron chi connectivity index (χ3n) is 4.03. The molecule has 1 aromatic carbocycles. The summed E-state index contributed by atoms with van der Waals surface area (Å²) >= 11 is 0. The van der Waals surface area contributed by atoms with E-state index in [1.807, 2.05) is 0 Å². The van der Waals surface area contributed by atoms with Gasteiger partial charge in [-0.25, -0.2) is 0 Å². The van der Waals surface area contributed by atoms with Crippen molar-refractivity contribution in [1.82, 2.24) is 4.90 Å². The lowest BCUT2D eigenvalue weighted by Gasteiger charge is -2.42. The van der Waals surface area contributed by atoms with E-state index in [1.165, 1.54) is 0 Å². The summed E-state index contributed by atoms with van der Waals surface area (Å²) < 4.78 is 0. The Labute approximate surface area is 123 Å². The lowest BCUT2D eigenvalue weighted by molar-refractivity contribution is -0.151. The van der Waals surface area contributed by atoms with Crippen LogP contribution in [0.2, 0.25) is 0 Å². The summed E-state index contributed by atoms with van der Waals surface area (Å²) in [6.45, 7) is 2.57. The van der Waals surface area contributed by atoms with Gasteiger partial charge in [0.15, 0.2) is 0 Å². The smallest absolute Gasteiger partial charge is 0.306 e. The quantitative estimate of drug-likeness (QED) is 0.730. The average Bonchev–Trinajstić information content (AvgIpc) is 2.39. The molecule has 6 nitrogen and oxygen atoms in total. The van der Waals surface area contributed by atoms with E-state index in [0.717, 1.165) is 5.56 Å². The Balaban J connectivity index is 1.84. The molecule has 2 unspecified atom stereocenters. The summed E-state index contributed by atoms with van der Waals surface area (Å²) in [7, 11) is 0. The zero-order valence-electron chi connectivity index (χ0n) is 11.9. The molecule has 6 heteroatoms. The number of carboxylic acids is 1. The van der Waals surface area contributed by atoms with E-state index in [2.05, 4.69) is 0 Å². The lowest BCUT2D eigenvalue weighted by Crippen LogP contribution is -2.58. The summed E-state index contributed by atoms with van der Waals surface area (Å²) in [4.78, 5) is 24.6. The Kier molecular flexibility index (Phi) is 4.47. The van der Waals surface area contributed by atoms with E-state index in [-0.39, 0.29) is 17.6 Å². The molecule has 1 aromatic rings. The molecule has 114 valence electrons. The number of likely N-dealkylation sites (tertiary alicyclic amines) is 1. The maximum atomic E-state index is 12.1. The second kappa shape index (κ2) is 6.13. The molecule has 0 spiro atoms. The number of hydrogen-bond acceptors (Lipinski definition) is 4. The van der Waals surface area contributed by atoms with Gasteiger partial charge in [-0.05, 0) is 24.1 Å². The molecule has 21 heavy (non-hydrogen) atoms. The van der Waals surface area contributed by atoms with Crippen LogP contribution in [0.4, 0.5) is 0 Å². The Morgan fingerprint density at radius 2 is 1.90 bits per heavy atom. The van der Waals surface area contributed by atoms with Gasteiger partial charge < -0.3 is 20.8 Å². The minimum atomic E-state index is -0.833. The molecule has 0 saturated carbocycles. The normalized spacial score (nSPS) is 17.9. The van der Waals surface area contributed by atoms with Crippen molar-refractivity contribution in [3.8, 4) is 5.75 Å². The average molecular weight is 292 g/mol. The topological polar surface area (TPSA) is 104 Å². The van der Waals surface area contributed by atoms with E-state index in [0.29, 0.717) is 19.5 Å². The van der Waals surface area contributed by atoms with E-state index in [9.17, 15) is 14.7 Å². The number of carbonyl (C=O) groups excluding carboxylic acids is 1. The van der Waals surface area contributed by atoms with Crippen LogP contribution >= 0.6 is 0 Å². The van der Waals surface area contributed by atoms with E-state index >= 15 is 0 Å². The van der Waals surface area contributed by atoms with E-state index in [4.69, 9.17) is 10.8 Å². The molecule has 1 aliphatic rings. The second-order valence-corrected chi connectivity index (χ2v) is 5.61. The van der Waals surface area contributed by atoms with Gasteiger partial charge in [0.1, 0.15) is 5.75 Å². The Morgan fingerprint density at radius 1 is 1.33 bits per heavy atom. The van der Waals surface area contributed by atoms with Crippen LogP contribution in [0.5, 0.6) is 5.75 Å². The first-order valence-electron chi connectivity index (χ1n) is 6.93. The van der Waals surface area contributed by atoms with Gasteiger partial charge in [0.05, 0.1) is 12.0 Å². The standard InChI is InChI=1S/C15H20N2O4/c1-9(15(20)21)11-7-17(8-11)14(19)13(16)6-10-2-4-12(18)5-3-10/h2-5,9,11,13,18H,6-8,16H2,1H3,(H,20,21). The first-order valence-corrected chi connectivity index (χ1v) is 6.93. The fraction of sp³-hybridized carbons (Fsp3) is 0.467. The van der Waals surface area contributed by atoms with Gasteiger partial charge in [-0.2, -0.15) is 0 Å². The zero-order chi connectivity index (χ0) is 15.6. The van der Waals surface area contributed by atoms with Crippen LogP contribution in [0.3, 0.4) is 0 Å². The number of carboxylic acid groups (broad SMARTS) is 1. The molecule has 4 N–H and O–H groups in total. The number of hydrogen-bond donors (Lipinski definition) is 3. The Morgan fingerprint density at radius 3 is 2.43 bits per heavy atom. The van der Waals surface area contributed by atoms with Crippen LogP contribution < -0.4 is 5.73 Å². The molecule has 1 heterocycles. The molecule has 1 aliphatic heterocycles. The van der Waals surface area contributed by atoms with E-state index in [1.54, 1.807) is 36.1 Å². The number of carbonyl (C=O) groups is 2. The molecule has 0 radical (unpaired) electrons. The Hall–Kier alpha value is -2.08. The number of phenols is 1. The number of rotatable bonds is 5. The molecule has 2 atom stereocenters. The lowest BCUT2D eigenvalue weighted by atomic mass is 9.86. The second-order valence-electron chi connectivity index (χ2n) is 5.61. The number of nitrogens with zero attached hydrogens (tertiary/aromatic N) is 1. The maximum absolute atomic E-state index is 12.1. The molecular weight excluding hydrogens is 272 g/mol. The summed E-state index contributed by atoms with van der Waals surface area (Å²) in [6, 6.07) is 5.93. The van der Waals surface area contributed by atoms with Gasteiger partial charge in [-0.3, -0.25) is 9.59 Å². The first kappa shape index (κ1) is 15.3. The van der Waals surface area contributed by atoms with E-state index < -0.39 is 17.9 Å². The van der Waals surface area contributed by atoms with Gasteiger partial charge in [0, 0.05) is 19.0 Å². The summed E-state index contributed by atoms with van der Waals surface area (Å²) in [5.41, 5.74) is 6.79. The van der Waals surface area contributed by atoms with Crippen molar-refractivity contribution in [2.75, 3.05) is 13.1 Å². The fourth-order valence-electron chi connectivity index (χ4n) is 2.42. The summed E-state index contributed by atoms with van der Waals surface area (Å²) in [6.07, 6.45) is 0.398. The van der Waals surface area contributed by atoms with Crippen molar-refractivity contribution in [3.05, 3.63) is 29.8 Å². The Bertz CT molecular complexity index is 523. The van der Waals surface area contributed by atoms with Crippen molar-refractivity contribution in [2.24, 2.45) is 17.6 Å². The van der Waals surface area contributed by atoms with Crippen molar-refractivity contribution in [2.45, 2.75) is 19.4 Å². The molecule has 1 amide bonds. The molecule has 1 saturated heterocycles. The number of amides is 1. The fourth-order valence-corrected chi connectivity index (χ4v) is 2.42. The molecular formula is C15H20N2O4. The van der Waals surface area contributed by atoms with Crippen LogP contribution in [0.25, 0.3) is 0 Å². The number of aliphatic carboxylic acids is 1.